The highest BCUT2D eigenvalue weighted by Gasteiger charge is 2.06. The molecule has 6 nitrogen and oxygen atoms in total. The molecule has 2 aromatic rings. The summed E-state index contributed by atoms with van der Waals surface area (Å²) in [5.41, 5.74) is 1.86. The first-order valence-electron chi connectivity index (χ1n) is 7.43. The maximum atomic E-state index is 11.7. The minimum Gasteiger partial charge on any atom is -0.338 e. The molecule has 0 saturated carbocycles. The normalized spacial score (nSPS) is 11.4. The van der Waals surface area contributed by atoms with Crippen LogP contribution in [0.4, 0.5) is 4.79 Å². The van der Waals surface area contributed by atoms with Crippen molar-refractivity contribution in [1.29, 1.82) is 0 Å². The molecule has 0 aliphatic carbocycles. The lowest BCUT2D eigenvalue weighted by molar-refractivity contribution is 0.244. The van der Waals surface area contributed by atoms with Crippen LogP contribution in [0.25, 0.3) is 6.08 Å². The summed E-state index contributed by atoms with van der Waals surface area (Å²) in [4.78, 5) is 11.8. The van der Waals surface area contributed by atoms with Gasteiger partial charge < -0.3 is 10.6 Å². The Kier molecular flexibility index (Phi) is 6.74. The first-order valence-corrected chi connectivity index (χ1v) is 9.77. The zero-order valence-electron chi connectivity index (χ0n) is 13.3. The van der Waals surface area contributed by atoms with E-state index in [9.17, 15) is 13.2 Å². The van der Waals surface area contributed by atoms with Crippen molar-refractivity contribution in [3.05, 3.63) is 70.3 Å². The van der Waals surface area contributed by atoms with E-state index in [4.69, 9.17) is 5.14 Å². The largest absolute Gasteiger partial charge is 0.338 e. The Morgan fingerprint density at radius 1 is 1.16 bits per heavy atom. The number of amides is 2. The lowest BCUT2D eigenvalue weighted by Crippen LogP contribution is -2.33. The molecule has 0 fully saturated rings. The van der Waals surface area contributed by atoms with E-state index in [0.717, 1.165) is 15.6 Å². The van der Waals surface area contributed by atoms with Crippen molar-refractivity contribution in [2.24, 2.45) is 5.14 Å². The molecule has 4 N–H and O–H groups in total. The van der Waals surface area contributed by atoms with Crippen LogP contribution in [0, 0.1) is 0 Å². The Bertz CT molecular complexity index is 865. The Morgan fingerprint density at radius 3 is 2.52 bits per heavy atom. The second-order valence-electron chi connectivity index (χ2n) is 5.23. The molecule has 0 bridgehead atoms. The molecule has 0 aromatic heterocycles. The molecule has 2 rings (SSSR count). The van der Waals surface area contributed by atoms with Crippen molar-refractivity contribution < 1.29 is 13.2 Å². The molecule has 132 valence electrons. The van der Waals surface area contributed by atoms with Crippen LogP contribution in [0.15, 0.2) is 64.1 Å². The van der Waals surface area contributed by atoms with E-state index in [1.807, 2.05) is 24.3 Å². The van der Waals surface area contributed by atoms with Gasteiger partial charge in [-0.1, -0.05) is 40.2 Å². The van der Waals surface area contributed by atoms with Crippen LogP contribution in [-0.4, -0.2) is 21.0 Å². The topological polar surface area (TPSA) is 101 Å². The average molecular weight is 424 g/mol. The van der Waals surface area contributed by atoms with Crippen LogP contribution < -0.4 is 15.8 Å². The molecule has 2 amide bonds. The van der Waals surface area contributed by atoms with Gasteiger partial charge in [-0.3, -0.25) is 0 Å². The first-order chi connectivity index (χ1) is 11.8. The van der Waals surface area contributed by atoms with Crippen molar-refractivity contribution in [2.75, 3.05) is 6.54 Å². The van der Waals surface area contributed by atoms with Gasteiger partial charge in [-0.25, -0.2) is 18.4 Å². The number of rotatable bonds is 6. The van der Waals surface area contributed by atoms with Gasteiger partial charge in [0, 0.05) is 17.2 Å². The van der Waals surface area contributed by atoms with Gasteiger partial charge in [0.05, 0.1) is 4.90 Å². The maximum absolute atomic E-state index is 11.7. The van der Waals surface area contributed by atoms with Crippen molar-refractivity contribution in [1.82, 2.24) is 10.6 Å². The number of primary sulfonamides is 1. The Labute approximate surface area is 155 Å². The highest BCUT2D eigenvalue weighted by atomic mass is 79.9. The van der Waals surface area contributed by atoms with Crippen molar-refractivity contribution in [2.45, 2.75) is 11.3 Å². The Hall–Kier alpha value is -2.16. The van der Waals surface area contributed by atoms with Gasteiger partial charge in [0.25, 0.3) is 0 Å². The van der Waals surface area contributed by atoms with Gasteiger partial charge in [-0.15, -0.1) is 0 Å². The number of nitrogens with one attached hydrogen (secondary N) is 2. The van der Waals surface area contributed by atoms with Crippen molar-refractivity contribution >= 4 is 38.1 Å². The molecular weight excluding hydrogens is 406 g/mol. The number of nitrogens with two attached hydrogens (primary N) is 1. The number of sulfonamides is 1. The molecule has 0 unspecified atom stereocenters. The summed E-state index contributed by atoms with van der Waals surface area (Å²) in [6, 6.07) is 13.6. The number of urea groups is 1. The van der Waals surface area contributed by atoms with Crippen LogP contribution in [0.5, 0.6) is 0 Å². The predicted octanol–water partition coefficient (Wildman–Crippen LogP) is 2.61. The number of hydrogen-bond acceptors (Lipinski definition) is 3. The van der Waals surface area contributed by atoms with Gasteiger partial charge in [0.15, 0.2) is 0 Å². The fourth-order valence-corrected chi connectivity index (χ4v) is 2.97. The van der Waals surface area contributed by atoms with E-state index in [1.165, 1.54) is 12.1 Å². The number of hydrogen-bond donors (Lipinski definition) is 3. The van der Waals surface area contributed by atoms with Crippen LogP contribution in [-0.2, 0) is 16.4 Å². The highest BCUT2D eigenvalue weighted by Crippen LogP contribution is 2.12. The quantitative estimate of drug-likeness (QED) is 0.665. The lowest BCUT2D eigenvalue weighted by Gasteiger charge is -2.05. The second-order valence-corrected chi connectivity index (χ2v) is 7.70. The highest BCUT2D eigenvalue weighted by molar-refractivity contribution is 9.10. The molecule has 8 heteroatoms. The Morgan fingerprint density at radius 2 is 1.88 bits per heavy atom. The van der Waals surface area contributed by atoms with Crippen molar-refractivity contribution in [3.8, 4) is 0 Å². The number of benzene rings is 2. The van der Waals surface area contributed by atoms with Gasteiger partial charge in [0.1, 0.15) is 0 Å². The molecule has 25 heavy (non-hydrogen) atoms. The van der Waals surface area contributed by atoms with Gasteiger partial charge >= 0.3 is 6.03 Å². The fraction of sp³-hybridized carbons (Fsp3) is 0.118. The fourth-order valence-electron chi connectivity index (χ4n) is 2.04. The van der Waals surface area contributed by atoms with Gasteiger partial charge in [-0.05, 0) is 47.9 Å². The van der Waals surface area contributed by atoms with Gasteiger partial charge in [-0.2, -0.15) is 0 Å². The third kappa shape index (κ3) is 6.69. The molecule has 0 aliphatic rings. The lowest BCUT2D eigenvalue weighted by atomic mass is 10.1. The standard InChI is InChI=1S/C17H18BrN3O3S/c18-15-3-1-2-14(12-15)9-11-21-17(22)20-10-8-13-4-6-16(7-5-13)25(19,23)24/h1-7,9,11-12H,8,10H2,(H2,19,23,24)(H2,20,21,22)/b11-9+. The summed E-state index contributed by atoms with van der Waals surface area (Å²) in [5.74, 6) is 0. The monoisotopic (exact) mass is 423 g/mol. The maximum Gasteiger partial charge on any atom is 0.318 e. The molecule has 0 aliphatic heterocycles. The molecule has 0 radical (unpaired) electrons. The van der Waals surface area contributed by atoms with Gasteiger partial charge in [0.2, 0.25) is 10.0 Å². The zero-order chi connectivity index (χ0) is 18.3. The van der Waals surface area contributed by atoms with Crippen LogP contribution in [0.1, 0.15) is 11.1 Å². The van der Waals surface area contributed by atoms with E-state index in [0.29, 0.717) is 13.0 Å². The third-order valence-corrected chi connectivity index (χ3v) is 4.71. The summed E-state index contributed by atoms with van der Waals surface area (Å²) >= 11 is 3.38. The third-order valence-electron chi connectivity index (χ3n) is 3.29. The van der Waals surface area contributed by atoms with E-state index in [-0.39, 0.29) is 10.9 Å². The summed E-state index contributed by atoms with van der Waals surface area (Å²) < 4.78 is 23.3. The minimum absolute atomic E-state index is 0.0691. The molecule has 2 aromatic carbocycles. The van der Waals surface area contributed by atoms with E-state index < -0.39 is 10.0 Å². The number of carbonyl (C=O) groups is 1. The van der Waals surface area contributed by atoms with Crippen LogP contribution in [0.2, 0.25) is 0 Å². The number of carbonyl (C=O) groups excluding carboxylic acids is 1. The summed E-state index contributed by atoms with van der Waals surface area (Å²) in [6.45, 7) is 0.422. The molecule has 0 atom stereocenters. The Balaban J connectivity index is 1.75. The zero-order valence-corrected chi connectivity index (χ0v) is 15.7. The van der Waals surface area contributed by atoms with E-state index in [1.54, 1.807) is 24.4 Å². The average Bonchev–Trinajstić information content (AvgIpc) is 2.54. The first kappa shape index (κ1) is 19.2. The SMILES string of the molecule is NS(=O)(=O)c1ccc(CCNC(=O)N/C=C/c2cccc(Br)c2)cc1. The molecule has 0 heterocycles. The van der Waals surface area contributed by atoms with Crippen molar-refractivity contribution in [3.63, 3.8) is 0 Å². The van der Waals surface area contributed by atoms with Crippen LogP contribution in [0.3, 0.4) is 0 Å². The van der Waals surface area contributed by atoms with E-state index >= 15 is 0 Å². The molecule has 0 saturated heterocycles. The number of halogens is 1. The molecule has 0 spiro atoms. The summed E-state index contributed by atoms with van der Waals surface area (Å²) in [5, 5.41) is 10.4. The minimum atomic E-state index is -3.68. The molecular formula is C17H18BrN3O3S. The smallest absolute Gasteiger partial charge is 0.318 e. The predicted molar refractivity (Wildman–Crippen MR) is 101 cm³/mol. The van der Waals surface area contributed by atoms with E-state index in [2.05, 4.69) is 26.6 Å². The summed E-state index contributed by atoms with van der Waals surface area (Å²) in [6.07, 6.45) is 3.93. The van der Waals surface area contributed by atoms with Crippen LogP contribution >= 0.6 is 15.9 Å². The summed E-state index contributed by atoms with van der Waals surface area (Å²) in [7, 11) is -3.68. The second kappa shape index (κ2) is 8.80.